The zero-order valence-corrected chi connectivity index (χ0v) is 22.1. The quantitative estimate of drug-likeness (QED) is 0.162. The molecule has 0 saturated carbocycles. The van der Waals surface area contributed by atoms with Crippen LogP contribution in [0.1, 0.15) is 17.6 Å². The molecule has 3 N–H and O–H groups in total. The fraction of sp³-hybridized carbons (Fsp3) is 0.318. The van der Waals surface area contributed by atoms with Crippen molar-refractivity contribution < 1.29 is 28.9 Å². The Morgan fingerprint density at radius 2 is 2.22 bits per heavy atom. The number of fused-ring (bicyclic) bond motifs is 2. The van der Waals surface area contributed by atoms with Crippen molar-refractivity contribution in [2.24, 2.45) is 5.16 Å². The number of hydrogen-bond donors (Lipinski definition) is 2. The van der Waals surface area contributed by atoms with Crippen LogP contribution in [-0.2, 0) is 32.2 Å². The smallest absolute Gasteiger partial charge is 0.276 e. The second kappa shape index (κ2) is 10.1. The minimum Gasteiger partial charge on any atom is -0.543 e. The number of carbonyl (C=O) groups is 3. The van der Waals surface area contributed by atoms with Gasteiger partial charge in [0, 0.05) is 22.8 Å². The molecule has 2 atom stereocenters. The van der Waals surface area contributed by atoms with Gasteiger partial charge in [-0.2, -0.15) is 4.57 Å². The number of anilines is 1. The maximum absolute atomic E-state index is 13.0. The van der Waals surface area contributed by atoms with Gasteiger partial charge in [-0.3, -0.25) is 14.5 Å². The predicted octanol–water partition coefficient (Wildman–Crippen LogP) is -0.360. The Bertz CT molecular complexity index is 1480. The van der Waals surface area contributed by atoms with Crippen LogP contribution in [0.2, 0.25) is 0 Å². The molecular formula is C22H21N7O5S3. The Balaban J connectivity index is 1.35. The molecule has 12 nitrogen and oxygen atoms in total. The van der Waals surface area contributed by atoms with Gasteiger partial charge in [0.05, 0.1) is 21.4 Å². The van der Waals surface area contributed by atoms with Crippen molar-refractivity contribution in [2.45, 2.75) is 31.3 Å². The zero-order chi connectivity index (χ0) is 26.3. The third kappa shape index (κ3) is 4.65. The number of nitrogen functional groups attached to an aromatic ring is 1. The Morgan fingerprint density at radius 3 is 2.89 bits per heavy atom. The summed E-state index contributed by atoms with van der Waals surface area (Å²) in [5.41, 5.74) is 6.92. The van der Waals surface area contributed by atoms with E-state index in [0.29, 0.717) is 11.3 Å². The highest BCUT2D eigenvalue weighted by Crippen LogP contribution is 2.40. The van der Waals surface area contributed by atoms with Gasteiger partial charge in [0.15, 0.2) is 29.8 Å². The minimum absolute atomic E-state index is 0.140. The average Bonchev–Trinajstić information content (AvgIpc) is 3.50. The van der Waals surface area contributed by atoms with Crippen molar-refractivity contribution in [1.82, 2.24) is 20.2 Å². The third-order valence-electron chi connectivity index (χ3n) is 5.80. The van der Waals surface area contributed by atoms with E-state index >= 15 is 0 Å². The second-order valence-corrected chi connectivity index (χ2v) is 11.2. The summed E-state index contributed by atoms with van der Waals surface area (Å²) in [6.45, 7) is 2.30. The number of carboxylic acid groups (broad SMARTS) is 1. The molecule has 0 aromatic carbocycles. The first-order valence-electron chi connectivity index (χ1n) is 11.1. The van der Waals surface area contributed by atoms with Crippen LogP contribution in [0.15, 0.2) is 40.3 Å². The monoisotopic (exact) mass is 559 g/mol. The normalized spacial score (nSPS) is 19.6. The molecule has 0 spiro atoms. The van der Waals surface area contributed by atoms with Crippen LogP contribution in [0.5, 0.6) is 0 Å². The fourth-order valence-electron chi connectivity index (χ4n) is 4.13. The van der Waals surface area contributed by atoms with E-state index in [1.165, 1.54) is 23.8 Å². The molecule has 15 heteroatoms. The predicted molar refractivity (Wildman–Crippen MR) is 136 cm³/mol. The third-order valence-corrected chi connectivity index (χ3v) is 8.99. The van der Waals surface area contributed by atoms with E-state index in [0.717, 1.165) is 33.0 Å². The SMILES string of the molecule is CCc1nc2c[n+](CC3=C(C(=O)[O-])N4C(=O)C(NC(=O)C(=NOC)c5csc(N)n5)[C@@H]4SC3)ccc2s1. The number of thioether (sulfide) groups is 1. The van der Waals surface area contributed by atoms with E-state index in [9.17, 15) is 19.5 Å². The number of carboxylic acids is 1. The molecule has 1 saturated heterocycles. The van der Waals surface area contributed by atoms with Crippen LogP contribution in [0.25, 0.3) is 10.2 Å². The topological polar surface area (TPSA) is 167 Å². The van der Waals surface area contributed by atoms with Gasteiger partial charge >= 0.3 is 0 Å². The van der Waals surface area contributed by atoms with E-state index in [-0.39, 0.29) is 28.8 Å². The lowest BCUT2D eigenvalue weighted by molar-refractivity contribution is -0.687. The lowest BCUT2D eigenvalue weighted by atomic mass is 10.0. The summed E-state index contributed by atoms with van der Waals surface area (Å²) in [5, 5.41) is 20.7. The summed E-state index contributed by atoms with van der Waals surface area (Å²) in [7, 11) is 1.28. The number of hydrogen-bond acceptors (Lipinski definition) is 12. The van der Waals surface area contributed by atoms with Gasteiger partial charge in [0.1, 0.15) is 29.7 Å². The molecule has 3 aromatic rings. The number of aryl methyl sites for hydroxylation is 1. The average molecular weight is 560 g/mol. The number of aliphatic carboxylic acids is 1. The van der Waals surface area contributed by atoms with Crippen LogP contribution in [0, 0.1) is 0 Å². The number of amides is 2. The number of carbonyl (C=O) groups excluding carboxylic acids is 3. The summed E-state index contributed by atoms with van der Waals surface area (Å²) in [5.74, 6) is -2.34. The maximum Gasteiger partial charge on any atom is 0.276 e. The van der Waals surface area contributed by atoms with Gasteiger partial charge in [-0.15, -0.1) is 34.4 Å². The van der Waals surface area contributed by atoms with Crippen molar-refractivity contribution in [3.05, 3.63) is 45.8 Å². The molecule has 2 aliphatic heterocycles. The molecule has 5 rings (SSSR count). The number of nitrogens with one attached hydrogen (secondary N) is 1. The first kappa shape index (κ1) is 25.1. The minimum atomic E-state index is -1.44. The van der Waals surface area contributed by atoms with Crippen molar-refractivity contribution in [2.75, 3.05) is 18.6 Å². The number of oxime groups is 1. The molecule has 37 heavy (non-hydrogen) atoms. The number of thiazole rings is 2. The molecule has 1 fully saturated rings. The van der Waals surface area contributed by atoms with E-state index in [1.54, 1.807) is 16.7 Å². The van der Waals surface area contributed by atoms with Crippen LogP contribution in [0.4, 0.5) is 5.13 Å². The van der Waals surface area contributed by atoms with Crippen molar-refractivity contribution in [1.29, 1.82) is 0 Å². The highest BCUT2D eigenvalue weighted by Gasteiger charge is 2.53. The molecule has 2 aliphatic rings. The fourth-order valence-corrected chi connectivity index (χ4v) is 6.89. The summed E-state index contributed by atoms with van der Waals surface area (Å²) < 4.78 is 2.89. The number of aromatic nitrogens is 3. The summed E-state index contributed by atoms with van der Waals surface area (Å²) in [4.78, 5) is 52.6. The van der Waals surface area contributed by atoms with E-state index in [4.69, 9.17) is 10.6 Å². The molecule has 0 radical (unpaired) electrons. The van der Waals surface area contributed by atoms with Crippen molar-refractivity contribution in [3.8, 4) is 0 Å². The number of pyridine rings is 1. The van der Waals surface area contributed by atoms with Gasteiger partial charge in [0.2, 0.25) is 0 Å². The molecule has 5 heterocycles. The molecule has 3 aromatic heterocycles. The Hall–Kier alpha value is -3.56. The molecular weight excluding hydrogens is 538 g/mol. The van der Waals surface area contributed by atoms with Gasteiger partial charge in [-0.25, -0.2) is 9.97 Å². The first-order valence-corrected chi connectivity index (χ1v) is 13.8. The van der Waals surface area contributed by atoms with Gasteiger partial charge in [0.25, 0.3) is 11.8 Å². The van der Waals surface area contributed by atoms with E-state index < -0.39 is 29.2 Å². The number of nitrogens with two attached hydrogens (primary N) is 1. The summed E-state index contributed by atoms with van der Waals surface area (Å²) in [6.07, 6.45) is 4.56. The number of rotatable bonds is 8. The Morgan fingerprint density at radius 1 is 1.41 bits per heavy atom. The summed E-state index contributed by atoms with van der Waals surface area (Å²) >= 11 is 4.11. The van der Waals surface area contributed by atoms with Crippen molar-refractivity contribution >= 4 is 73.3 Å². The van der Waals surface area contributed by atoms with Crippen LogP contribution >= 0.6 is 34.4 Å². The largest absolute Gasteiger partial charge is 0.543 e. The Labute approximate surface area is 222 Å². The van der Waals surface area contributed by atoms with Gasteiger partial charge in [-0.05, 0) is 6.42 Å². The van der Waals surface area contributed by atoms with Crippen LogP contribution in [-0.4, -0.2) is 62.6 Å². The first-order chi connectivity index (χ1) is 17.8. The highest BCUT2D eigenvalue weighted by molar-refractivity contribution is 8.00. The molecule has 2 amide bonds. The lowest BCUT2D eigenvalue weighted by Crippen LogP contribution is -2.71. The zero-order valence-electron chi connectivity index (χ0n) is 19.7. The van der Waals surface area contributed by atoms with Gasteiger partial charge < -0.3 is 25.8 Å². The molecule has 192 valence electrons. The van der Waals surface area contributed by atoms with Gasteiger partial charge in [-0.1, -0.05) is 12.1 Å². The van der Waals surface area contributed by atoms with Crippen LogP contribution < -0.4 is 20.7 Å². The summed E-state index contributed by atoms with van der Waals surface area (Å²) in [6, 6.07) is 0.998. The standard InChI is InChI=1S/C22H21N7O5S3/c1-3-14-24-11-7-28(5-4-13(11)37-14)6-10-8-35-20-16(19(31)29(20)17(10)21(32)33)26-18(30)15(27-34-2)12-9-36-22(23)25-12/h4-5,7,9,16,20H,3,6,8H2,1-2H3,(H3-,23,25,26,30,32,33)/t16?,20-/m0/s1. The molecule has 1 unspecified atom stereocenters. The number of nitrogens with zero attached hydrogens (tertiary/aromatic N) is 5. The second-order valence-electron chi connectivity index (χ2n) is 8.12. The highest BCUT2D eigenvalue weighted by atomic mass is 32.2. The van der Waals surface area contributed by atoms with Crippen LogP contribution in [0.3, 0.4) is 0 Å². The van der Waals surface area contributed by atoms with Crippen molar-refractivity contribution in [3.63, 3.8) is 0 Å². The van der Waals surface area contributed by atoms with E-state index in [1.807, 2.05) is 30.0 Å². The number of β-lactam (4-membered cyclic amide) rings is 1. The van der Waals surface area contributed by atoms with E-state index in [2.05, 4.69) is 20.4 Å². The molecule has 0 bridgehead atoms. The maximum atomic E-state index is 13.0. The molecule has 0 aliphatic carbocycles. The lowest BCUT2D eigenvalue weighted by Gasteiger charge is -2.50. The Kier molecular flexibility index (Phi) is 6.83.